The fourth-order valence-corrected chi connectivity index (χ4v) is 4.13. The molecule has 4 rings (SSSR count). The maximum atomic E-state index is 12.5. The number of esters is 1. The highest BCUT2D eigenvalue weighted by atomic mass is 35.5. The Morgan fingerprint density at radius 1 is 1.00 bits per heavy atom. The van der Waals surface area contributed by atoms with Crippen LogP contribution in [0.1, 0.15) is 12.3 Å². The molecular formula is C22H18ClN3O5S. The molecule has 32 heavy (non-hydrogen) atoms. The van der Waals surface area contributed by atoms with Crippen LogP contribution < -0.4 is 4.72 Å². The number of carbonyl (C=O) groups is 1. The number of nitrogens with one attached hydrogen (secondary N) is 1. The van der Waals surface area contributed by atoms with E-state index in [9.17, 15) is 13.2 Å². The summed E-state index contributed by atoms with van der Waals surface area (Å²) in [5.74, 6) is -0.201. The summed E-state index contributed by atoms with van der Waals surface area (Å²) in [6.07, 6.45) is -0.148. The lowest BCUT2D eigenvalue weighted by Crippen LogP contribution is -2.26. The summed E-state index contributed by atoms with van der Waals surface area (Å²) < 4.78 is 37.9. The van der Waals surface area contributed by atoms with E-state index in [2.05, 4.69) is 14.9 Å². The Morgan fingerprint density at radius 2 is 1.75 bits per heavy atom. The molecule has 0 atom stereocenters. The number of rotatable bonds is 8. The minimum absolute atomic E-state index is 0.103. The molecule has 10 heteroatoms. The molecule has 1 N–H and O–H groups in total. The molecule has 0 saturated heterocycles. The van der Waals surface area contributed by atoms with E-state index in [0.717, 1.165) is 10.8 Å². The van der Waals surface area contributed by atoms with Gasteiger partial charge in [0.2, 0.25) is 15.9 Å². The summed E-state index contributed by atoms with van der Waals surface area (Å²) in [7, 11) is -3.75. The number of sulfonamides is 1. The molecule has 3 aromatic carbocycles. The molecule has 8 nitrogen and oxygen atoms in total. The average molecular weight is 472 g/mol. The monoisotopic (exact) mass is 471 g/mol. The topological polar surface area (TPSA) is 111 Å². The zero-order chi connectivity index (χ0) is 22.6. The van der Waals surface area contributed by atoms with Crippen molar-refractivity contribution in [1.82, 2.24) is 14.9 Å². The Morgan fingerprint density at radius 3 is 2.53 bits per heavy atom. The van der Waals surface area contributed by atoms with Crippen molar-refractivity contribution < 1.29 is 22.4 Å². The van der Waals surface area contributed by atoms with E-state index in [0.29, 0.717) is 10.6 Å². The highest BCUT2D eigenvalue weighted by Gasteiger charge is 2.16. The molecule has 0 bridgehead atoms. The van der Waals surface area contributed by atoms with Gasteiger partial charge in [0.05, 0.1) is 11.3 Å². The molecule has 0 aliphatic rings. The lowest BCUT2D eigenvalue weighted by molar-refractivity contribution is -0.145. The number of halogens is 1. The fraction of sp³-hybridized carbons (Fsp3) is 0.136. The van der Waals surface area contributed by atoms with Crippen LogP contribution >= 0.6 is 11.6 Å². The van der Waals surface area contributed by atoms with Gasteiger partial charge in [0.15, 0.2) is 6.61 Å². The number of hydrogen-bond donors (Lipinski definition) is 1. The SMILES string of the molecule is O=C(CCNS(=O)(=O)c1ccc2ccccc2c1)OCc1nnc(-c2ccc(Cl)cc2)o1. The number of benzene rings is 3. The van der Waals surface area contributed by atoms with Gasteiger partial charge in [0.1, 0.15) is 0 Å². The van der Waals surface area contributed by atoms with Crippen LogP contribution in [0.25, 0.3) is 22.2 Å². The molecule has 164 valence electrons. The molecule has 0 aliphatic carbocycles. The molecule has 0 saturated carbocycles. The normalized spacial score (nSPS) is 11.5. The van der Waals surface area contributed by atoms with Crippen molar-refractivity contribution in [2.45, 2.75) is 17.9 Å². The Bertz CT molecular complexity index is 1350. The Balaban J connectivity index is 1.27. The van der Waals surface area contributed by atoms with E-state index in [1.54, 1.807) is 36.4 Å². The second kappa shape index (κ2) is 9.47. The third-order valence-electron chi connectivity index (χ3n) is 4.57. The minimum atomic E-state index is -3.75. The molecule has 0 aliphatic heterocycles. The molecular weight excluding hydrogens is 454 g/mol. The van der Waals surface area contributed by atoms with Crippen LogP contribution in [0.2, 0.25) is 5.02 Å². The van der Waals surface area contributed by atoms with E-state index >= 15 is 0 Å². The van der Waals surface area contributed by atoms with E-state index in [4.69, 9.17) is 20.8 Å². The summed E-state index contributed by atoms with van der Waals surface area (Å²) in [5.41, 5.74) is 0.683. The molecule has 4 aromatic rings. The molecule has 1 aromatic heterocycles. The zero-order valence-corrected chi connectivity index (χ0v) is 18.3. The second-order valence-corrected chi connectivity index (χ2v) is 9.03. The van der Waals surface area contributed by atoms with Gasteiger partial charge in [-0.25, -0.2) is 13.1 Å². The summed E-state index contributed by atoms with van der Waals surface area (Å²) in [4.78, 5) is 12.1. The summed E-state index contributed by atoms with van der Waals surface area (Å²) >= 11 is 5.85. The van der Waals surface area contributed by atoms with E-state index in [1.165, 1.54) is 6.07 Å². The molecule has 0 radical (unpaired) electrons. The number of nitrogens with zero attached hydrogens (tertiary/aromatic N) is 2. The van der Waals surface area contributed by atoms with Crippen molar-refractivity contribution in [1.29, 1.82) is 0 Å². The van der Waals surface area contributed by atoms with E-state index < -0.39 is 16.0 Å². The fourth-order valence-electron chi connectivity index (χ4n) is 2.94. The van der Waals surface area contributed by atoms with Crippen molar-refractivity contribution in [3.05, 3.63) is 77.6 Å². The maximum absolute atomic E-state index is 12.5. The minimum Gasteiger partial charge on any atom is -0.456 e. The Hall–Kier alpha value is -3.27. The van der Waals surface area contributed by atoms with Gasteiger partial charge >= 0.3 is 5.97 Å². The molecule has 0 fully saturated rings. The maximum Gasteiger partial charge on any atom is 0.307 e. The number of carbonyl (C=O) groups excluding carboxylic acids is 1. The third-order valence-corrected chi connectivity index (χ3v) is 6.28. The van der Waals surface area contributed by atoms with Crippen molar-refractivity contribution in [3.8, 4) is 11.5 Å². The van der Waals surface area contributed by atoms with Gasteiger partial charge in [0, 0.05) is 17.1 Å². The predicted molar refractivity (Wildman–Crippen MR) is 118 cm³/mol. The van der Waals surface area contributed by atoms with Gasteiger partial charge in [-0.2, -0.15) is 0 Å². The second-order valence-electron chi connectivity index (χ2n) is 6.83. The first-order valence-electron chi connectivity index (χ1n) is 9.63. The lowest BCUT2D eigenvalue weighted by Gasteiger charge is -2.08. The Kier molecular flexibility index (Phi) is 6.50. The first kappa shape index (κ1) is 21.9. The Labute approximate surface area is 189 Å². The number of aromatic nitrogens is 2. The van der Waals surface area contributed by atoms with Crippen molar-refractivity contribution in [2.75, 3.05) is 6.54 Å². The molecule has 0 spiro atoms. The zero-order valence-electron chi connectivity index (χ0n) is 16.7. The van der Waals surface area contributed by atoms with Crippen LogP contribution in [0.15, 0.2) is 76.0 Å². The average Bonchev–Trinajstić information content (AvgIpc) is 3.27. The highest BCUT2D eigenvalue weighted by molar-refractivity contribution is 7.89. The van der Waals surface area contributed by atoms with Gasteiger partial charge in [0.25, 0.3) is 5.89 Å². The van der Waals surface area contributed by atoms with Crippen molar-refractivity contribution in [2.24, 2.45) is 0 Å². The first-order valence-corrected chi connectivity index (χ1v) is 11.5. The highest BCUT2D eigenvalue weighted by Crippen LogP contribution is 2.21. The van der Waals surface area contributed by atoms with E-state index in [1.807, 2.05) is 24.3 Å². The molecule has 0 amide bonds. The summed E-state index contributed by atoms with van der Waals surface area (Å²) in [6.45, 7) is -0.315. The number of fused-ring (bicyclic) bond motifs is 1. The van der Waals surface area contributed by atoms with Gasteiger partial charge in [-0.1, -0.05) is 41.9 Å². The van der Waals surface area contributed by atoms with Gasteiger partial charge in [-0.3, -0.25) is 4.79 Å². The molecule has 0 unspecified atom stereocenters. The lowest BCUT2D eigenvalue weighted by atomic mass is 10.1. The quantitative estimate of drug-likeness (QED) is 0.387. The van der Waals surface area contributed by atoms with Crippen LogP contribution in [-0.2, 0) is 26.2 Å². The van der Waals surface area contributed by atoms with Crippen LogP contribution in [0.5, 0.6) is 0 Å². The third kappa shape index (κ3) is 5.31. The van der Waals surface area contributed by atoms with Gasteiger partial charge < -0.3 is 9.15 Å². The van der Waals surface area contributed by atoms with Gasteiger partial charge in [-0.15, -0.1) is 10.2 Å². The van der Waals surface area contributed by atoms with Crippen LogP contribution in [0, 0.1) is 0 Å². The first-order chi connectivity index (χ1) is 15.4. The van der Waals surface area contributed by atoms with E-state index in [-0.39, 0.29) is 36.2 Å². The summed E-state index contributed by atoms with van der Waals surface area (Å²) in [6, 6.07) is 19.2. The largest absolute Gasteiger partial charge is 0.456 e. The number of ether oxygens (including phenoxy) is 1. The van der Waals surface area contributed by atoms with Crippen LogP contribution in [-0.4, -0.2) is 31.1 Å². The summed E-state index contributed by atoms with van der Waals surface area (Å²) in [5, 5.41) is 10.1. The number of hydrogen-bond acceptors (Lipinski definition) is 7. The van der Waals surface area contributed by atoms with Crippen LogP contribution in [0.3, 0.4) is 0 Å². The van der Waals surface area contributed by atoms with Crippen molar-refractivity contribution >= 4 is 38.4 Å². The van der Waals surface area contributed by atoms with Gasteiger partial charge in [-0.05, 0) is 47.2 Å². The molecule has 1 heterocycles. The van der Waals surface area contributed by atoms with Crippen LogP contribution in [0.4, 0.5) is 0 Å². The predicted octanol–water partition coefficient (Wildman–Crippen LogP) is 3.96. The van der Waals surface area contributed by atoms with Crippen molar-refractivity contribution in [3.63, 3.8) is 0 Å². The standard InChI is InChI=1S/C22H18ClN3O5S/c23-18-8-5-16(6-9-18)22-26-25-20(31-22)14-30-21(27)11-12-24-32(28,29)19-10-7-15-3-1-2-4-17(15)13-19/h1-10,13,24H,11-12,14H2. The smallest absolute Gasteiger partial charge is 0.307 e.